The molecule has 0 aliphatic heterocycles. The minimum absolute atomic E-state index is 0.376. The molecule has 0 unspecified atom stereocenters. The number of benzene rings is 1. The van der Waals surface area contributed by atoms with Crippen LogP contribution in [0.15, 0.2) is 29.4 Å². The molecule has 2 rings (SSSR count). The van der Waals surface area contributed by atoms with E-state index in [0.717, 1.165) is 17.8 Å². The molecule has 1 aromatic heterocycles. The molecule has 1 atom stereocenters. The summed E-state index contributed by atoms with van der Waals surface area (Å²) < 4.78 is 7.09. The quantitative estimate of drug-likeness (QED) is 0.582. The van der Waals surface area contributed by atoms with E-state index in [1.807, 2.05) is 28.8 Å². The van der Waals surface area contributed by atoms with Gasteiger partial charge in [0.1, 0.15) is 0 Å². The van der Waals surface area contributed by atoms with Crippen LogP contribution in [0.5, 0.6) is 0 Å². The van der Waals surface area contributed by atoms with Crippen LogP contribution in [0.1, 0.15) is 13.3 Å². The number of hydrogen-bond donors (Lipinski definition) is 1. The molecule has 0 aliphatic carbocycles. The molecule has 1 aromatic carbocycles. The van der Waals surface area contributed by atoms with Gasteiger partial charge >= 0.3 is 0 Å². The lowest BCUT2D eigenvalue weighted by Crippen LogP contribution is -2.23. The number of hydrogen-bond acceptors (Lipinski definition) is 5. The summed E-state index contributed by atoms with van der Waals surface area (Å²) in [5, 5.41) is 9.42. The molecule has 1 heterocycles. The number of carbonyl (C=O) groups excluding carboxylic acids is 1. The Morgan fingerprint density at radius 3 is 2.70 bits per heavy atom. The first kappa shape index (κ1) is 17.8. The second-order valence-corrected chi connectivity index (χ2v) is 6.72. The third kappa shape index (κ3) is 4.70. The maximum absolute atomic E-state index is 11.3. The molecule has 0 saturated heterocycles. The Morgan fingerprint density at radius 2 is 2.09 bits per heavy atom. The van der Waals surface area contributed by atoms with E-state index in [2.05, 4.69) is 10.2 Å². The summed E-state index contributed by atoms with van der Waals surface area (Å²) in [6.45, 7) is 3.07. The van der Waals surface area contributed by atoms with Gasteiger partial charge in [-0.25, -0.2) is 0 Å². The van der Waals surface area contributed by atoms with Crippen molar-refractivity contribution in [3.63, 3.8) is 0 Å². The van der Waals surface area contributed by atoms with Crippen molar-refractivity contribution >= 4 is 29.3 Å². The molecule has 0 aliphatic rings. The van der Waals surface area contributed by atoms with Gasteiger partial charge in [0, 0.05) is 30.8 Å². The smallest absolute Gasteiger partial charge is 0.230 e. The van der Waals surface area contributed by atoms with E-state index in [-0.39, 0.29) is 11.2 Å². The maximum Gasteiger partial charge on any atom is 0.230 e. The summed E-state index contributed by atoms with van der Waals surface area (Å²) in [7, 11) is 1.66. The molecule has 2 N–H and O–H groups in total. The predicted molar refractivity (Wildman–Crippen MR) is 91.5 cm³/mol. The summed E-state index contributed by atoms with van der Waals surface area (Å²) in [5.74, 6) is 0.353. The highest BCUT2D eigenvalue weighted by molar-refractivity contribution is 8.00. The van der Waals surface area contributed by atoms with Crippen LogP contribution in [-0.2, 0) is 16.1 Å². The van der Waals surface area contributed by atoms with E-state index in [9.17, 15) is 4.79 Å². The fraction of sp³-hybridized carbons (Fsp3) is 0.400. The Balaban J connectivity index is 2.31. The van der Waals surface area contributed by atoms with Crippen molar-refractivity contribution in [3.8, 4) is 11.4 Å². The van der Waals surface area contributed by atoms with Gasteiger partial charge in [-0.05, 0) is 37.6 Å². The molecule has 6 nitrogen and oxygen atoms in total. The normalized spacial score (nSPS) is 12.3. The van der Waals surface area contributed by atoms with Crippen molar-refractivity contribution in [1.29, 1.82) is 0 Å². The number of amides is 1. The van der Waals surface area contributed by atoms with Crippen molar-refractivity contribution in [2.24, 2.45) is 5.73 Å². The van der Waals surface area contributed by atoms with Crippen molar-refractivity contribution in [2.75, 3.05) is 13.7 Å². The van der Waals surface area contributed by atoms with Crippen molar-refractivity contribution < 1.29 is 9.53 Å². The molecule has 2 aromatic rings. The fourth-order valence-corrected chi connectivity index (χ4v) is 2.92. The van der Waals surface area contributed by atoms with Crippen LogP contribution in [0, 0.1) is 0 Å². The van der Waals surface area contributed by atoms with Gasteiger partial charge in [-0.15, -0.1) is 10.2 Å². The molecule has 124 valence electrons. The van der Waals surface area contributed by atoms with Crippen LogP contribution < -0.4 is 5.73 Å². The average molecular weight is 355 g/mol. The van der Waals surface area contributed by atoms with Gasteiger partial charge in [0.25, 0.3) is 0 Å². The Morgan fingerprint density at radius 1 is 1.39 bits per heavy atom. The molecule has 0 saturated carbocycles. The Hall–Kier alpha value is -1.57. The molecule has 0 spiro atoms. The van der Waals surface area contributed by atoms with Crippen LogP contribution in [0.3, 0.4) is 0 Å². The number of carbonyl (C=O) groups is 1. The van der Waals surface area contributed by atoms with Gasteiger partial charge in [0.15, 0.2) is 11.0 Å². The Kier molecular flexibility index (Phi) is 6.44. The number of ether oxygens (including phenoxy) is 1. The van der Waals surface area contributed by atoms with Crippen molar-refractivity contribution in [1.82, 2.24) is 14.8 Å². The number of primary amides is 1. The predicted octanol–water partition coefficient (Wildman–Crippen LogP) is 2.60. The molecule has 0 fully saturated rings. The maximum atomic E-state index is 11.3. The van der Waals surface area contributed by atoms with E-state index in [4.69, 9.17) is 22.1 Å². The van der Waals surface area contributed by atoms with E-state index < -0.39 is 0 Å². The number of halogens is 1. The average Bonchev–Trinajstić information content (AvgIpc) is 2.91. The van der Waals surface area contributed by atoms with E-state index in [1.54, 1.807) is 14.0 Å². The second kappa shape index (κ2) is 8.33. The lowest BCUT2D eigenvalue weighted by molar-refractivity contribution is -0.117. The summed E-state index contributed by atoms with van der Waals surface area (Å²) in [4.78, 5) is 11.3. The topological polar surface area (TPSA) is 83.0 Å². The zero-order valence-electron chi connectivity index (χ0n) is 13.0. The lowest BCUT2D eigenvalue weighted by Gasteiger charge is -2.11. The fourth-order valence-electron chi connectivity index (χ4n) is 1.97. The van der Waals surface area contributed by atoms with Crippen LogP contribution in [0.4, 0.5) is 0 Å². The van der Waals surface area contributed by atoms with Crippen LogP contribution >= 0.6 is 23.4 Å². The van der Waals surface area contributed by atoms with Crippen molar-refractivity contribution in [2.45, 2.75) is 30.3 Å². The second-order valence-electron chi connectivity index (χ2n) is 4.97. The minimum atomic E-state index is -0.380. The summed E-state index contributed by atoms with van der Waals surface area (Å²) in [6, 6.07) is 7.41. The van der Waals surface area contributed by atoms with Crippen LogP contribution in [-0.4, -0.2) is 39.6 Å². The number of rotatable bonds is 8. The third-order valence-electron chi connectivity index (χ3n) is 3.23. The lowest BCUT2D eigenvalue weighted by atomic mass is 10.2. The molecule has 1 amide bonds. The largest absolute Gasteiger partial charge is 0.385 e. The van der Waals surface area contributed by atoms with E-state index >= 15 is 0 Å². The first-order valence-electron chi connectivity index (χ1n) is 7.17. The summed E-state index contributed by atoms with van der Waals surface area (Å²) in [5.41, 5.74) is 6.25. The SMILES string of the molecule is COCCCn1c(S[C@@H](C)C(N)=O)nnc1-c1ccc(Cl)cc1. The zero-order chi connectivity index (χ0) is 16.8. The van der Waals surface area contributed by atoms with Crippen LogP contribution in [0.2, 0.25) is 5.02 Å². The zero-order valence-corrected chi connectivity index (χ0v) is 14.6. The Bertz CT molecular complexity index is 660. The van der Waals surface area contributed by atoms with Gasteiger partial charge in [-0.2, -0.15) is 0 Å². The summed E-state index contributed by atoms with van der Waals surface area (Å²) in [6.07, 6.45) is 0.813. The number of nitrogens with two attached hydrogens (primary N) is 1. The van der Waals surface area contributed by atoms with Gasteiger partial charge in [0.05, 0.1) is 5.25 Å². The molecule has 23 heavy (non-hydrogen) atoms. The van der Waals surface area contributed by atoms with E-state index in [0.29, 0.717) is 23.3 Å². The highest BCUT2D eigenvalue weighted by atomic mass is 35.5. The van der Waals surface area contributed by atoms with Gasteiger partial charge in [-0.1, -0.05) is 23.4 Å². The summed E-state index contributed by atoms with van der Waals surface area (Å²) >= 11 is 7.24. The first-order chi connectivity index (χ1) is 11.0. The van der Waals surface area contributed by atoms with Crippen molar-refractivity contribution in [3.05, 3.63) is 29.3 Å². The first-order valence-corrected chi connectivity index (χ1v) is 8.42. The minimum Gasteiger partial charge on any atom is -0.385 e. The number of nitrogens with zero attached hydrogens (tertiary/aromatic N) is 3. The number of aromatic nitrogens is 3. The number of thioether (sulfide) groups is 1. The van der Waals surface area contributed by atoms with Crippen LogP contribution in [0.25, 0.3) is 11.4 Å². The highest BCUT2D eigenvalue weighted by Crippen LogP contribution is 2.27. The Labute approximate surface area is 144 Å². The van der Waals surface area contributed by atoms with Gasteiger partial charge in [-0.3, -0.25) is 4.79 Å². The standard InChI is InChI=1S/C15H19ClN4O2S/c1-10(13(17)21)23-15-19-18-14(20(15)8-3-9-22-2)11-4-6-12(16)7-5-11/h4-7,10H,3,8-9H2,1-2H3,(H2,17,21)/t10-/m0/s1. The van der Waals surface area contributed by atoms with E-state index in [1.165, 1.54) is 11.8 Å². The number of methoxy groups -OCH3 is 1. The molecule has 0 radical (unpaired) electrons. The molecule has 8 heteroatoms. The van der Waals surface area contributed by atoms with Gasteiger partial charge in [0.2, 0.25) is 5.91 Å². The molecule has 0 bridgehead atoms. The van der Waals surface area contributed by atoms with Gasteiger partial charge < -0.3 is 15.0 Å². The molecular formula is C15H19ClN4O2S. The highest BCUT2D eigenvalue weighted by Gasteiger charge is 2.19. The molecular weight excluding hydrogens is 336 g/mol. The third-order valence-corrected chi connectivity index (χ3v) is 4.58. The monoisotopic (exact) mass is 354 g/mol.